The van der Waals surface area contributed by atoms with Crippen molar-refractivity contribution < 1.29 is 18.3 Å². The van der Waals surface area contributed by atoms with E-state index in [-0.39, 0.29) is 16.3 Å². The monoisotopic (exact) mass is 258 g/mol. The standard InChI is InChI=1S/C10H14N2O4S/c1-6(11)10(14)12-8-5-7(17(2,15)16)3-4-9(8)13/h3-6,13H,11H2,1-2H3,(H,12,14)/t6-/m1/s1. The van der Waals surface area contributed by atoms with Crippen LogP contribution in [0, 0.1) is 0 Å². The summed E-state index contributed by atoms with van der Waals surface area (Å²) in [5.41, 5.74) is 5.37. The molecule has 0 saturated heterocycles. The molecule has 0 aliphatic rings. The summed E-state index contributed by atoms with van der Waals surface area (Å²) in [6, 6.07) is 2.89. The maximum atomic E-state index is 11.3. The summed E-state index contributed by atoms with van der Waals surface area (Å²) in [5, 5.41) is 11.8. The van der Waals surface area contributed by atoms with E-state index in [0.29, 0.717) is 0 Å². The minimum absolute atomic E-state index is 0.00951. The number of anilines is 1. The highest BCUT2D eigenvalue weighted by atomic mass is 32.2. The van der Waals surface area contributed by atoms with Crippen LogP contribution in [-0.4, -0.2) is 31.7 Å². The summed E-state index contributed by atoms with van der Waals surface area (Å²) >= 11 is 0. The molecule has 1 aromatic rings. The van der Waals surface area contributed by atoms with Crippen LogP contribution in [0.4, 0.5) is 5.69 Å². The summed E-state index contributed by atoms with van der Waals surface area (Å²) in [5.74, 6) is -0.725. The van der Waals surface area contributed by atoms with Crippen molar-refractivity contribution in [2.24, 2.45) is 5.73 Å². The average molecular weight is 258 g/mol. The number of carbonyl (C=O) groups excluding carboxylic acids is 1. The third-order valence-corrected chi connectivity index (χ3v) is 3.18. The Bertz CT molecular complexity index is 537. The van der Waals surface area contributed by atoms with Gasteiger partial charge in [0.15, 0.2) is 9.84 Å². The van der Waals surface area contributed by atoms with Crippen LogP contribution in [0.25, 0.3) is 0 Å². The Morgan fingerprint density at radius 1 is 1.47 bits per heavy atom. The number of nitrogens with one attached hydrogen (secondary N) is 1. The van der Waals surface area contributed by atoms with E-state index in [9.17, 15) is 18.3 Å². The molecule has 0 aliphatic heterocycles. The van der Waals surface area contributed by atoms with Gasteiger partial charge in [-0.1, -0.05) is 0 Å². The second-order valence-corrected chi connectivity index (χ2v) is 5.74. The zero-order valence-corrected chi connectivity index (χ0v) is 10.3. The van der Waals surface area contributed by atoms with Crippen LogP contribution in [0.15, 0.2) is 23.1 Å². The van der Waals surface area contributed by atoms with E-state index in [1.54, 1.807) is 0 Å². The van der Waals surface area contributed by atoms with E-state index in [1.807, 2.05) is 0 Å². The number of phenolic OH excluding ortho intramolecular Hbond substituents is 1. The van der Waals surface area contributed by atoms with Crippen molar-refractivity contribution in [3.63, 3.8) is 0 Å². The zero-order chi connectivity index (χ0) is 13.2. The van der Waals surface area contributed by atoms with Crippen molar-refractivity contribution in [2.45, 2.75) is 17.9 Å². The van der Waals surface area contributed by atoms with Crippen LogP contribution in [0.2, 0.25) is 0 Å². The average Bonchev–Trinajstić information content (AvgIpc) is 2.19. The minimum atomic E-state index is -3.39. The molecule has 0 radical (unpaired) electrons. The molecule has 17 heavy (non-hydrogen) atoms. The number of rotatable bonds is 3. The molecule has 0 bridgehead atoms. The van der Waals surface area contributed by atoms with Crippen LogP contribution in [0.5, 0.6) is 5.75 Å². The van der Waals surface area contributed by atoms with Crippen LogP contribution in [0.1, 0.15) is 6.92 Å². The largest absolute Gasteiger partial charge is 0.506 e. The lowest BCUT2D eigenvalue weighted by atomic mass is 10.2. The lowest BCUT2D eigenvalue weighted by molar-refractivity contribution is -0.117. The van der Waals surface area contributed by atoms with Gasteiger partial charge in [-0.3, -0.25) is 4.79 Å². The molecular formula is C10H14N2O4S. The van der Waals surface area contributed by atoms with Gasteiger partial charge in [0.25, 0.3) is 0 Å². The van der Waals surface area contributed by atoms with E-state index in [2.05, 4.69) is 5.32 Å². The van der Waals surface area contributed by atoms with Crippen LogP contribution < -0.4 is 11.1 Å². The molecule has 6 nitrogen and oxygen atoms in total. The Morgan fingerprint density at radius 2 is 2.06 bits per heavy atom. The van der Waals surface area contributed by atoms with Crippen LogP contribution in [-0.2, 0) is 14.6 Å². The van der Waals surface area contributed by atoms with E-state index < -0.39 is 21.8 Å². The van der Waals surface area contributed by atoms with Crippen LogP contribution in [0.3, 0.4) is 0 Å². The number of aromatic hydroxyl groups is 1. The maximum Gasteiger partial charge on any atom is 0.241 e. The molecule has 4 N–H and O–H groups in total. The van der Waals surface area contributed by atoms with Gasteiger partial charge in [0.05, 0.1) is 16.6 Å². The Hall–Kier alpha value is -1.60. The number of hydrogen-bond donors (Lipinski definition) is 3. The lowest BCUT2D eigenvalue weighted by Gasteiger charge is -2.10. The third kappa shape index (κ3) is 3.43. The number of hydrogen-bond acceptors (Lipinski definition) is 5. The number of phenols is 1. The van der Waals surface area contributed by atoms with Gasteiger partial charge in [-0.25, -0.2) is 8.42 Å². The molecule has 0 spiro atoms. The molecule has 0 unspecified atom stereocenters. The maximum absolute atomic E-state index is 11.3. The second kappa shape index (κ2) is 4.72. The molecule has 0 saturated carbocycles. The fraction of sp³-hybridized carbons (Fsp3) is 0.300. The van der Waals surface area contributed by atoms with Gasteiger partial charge in [0, 0.05) is 6.26 Å². The first-order valence-electron chi connectivity index (χ1n) is 4.81. The van der Waals surface area contributed by atoms with Crippen molar-refractivity contribution in [1.29, 1.82) is 0 Å². The third-order valence-electron chi connectivity index (χ3n) is 2.07. The molecule has 1 aromatic carbocycles. The van der Waals surface area contributed by atoms with Crippen molar-refractivity contribution in [3.8, 4) is 5.75 Å². The molecule has 94 valence electrons. The first kappa shape index (κ1) is 13.5. The Morgan fingerprint density at radius 3 is 2.53 bits per heavy atom. The van der Waals surface area contributed by atoms with Crippen molar-refractivity contribution >= 4 is 21.4 Å². The van der Waals surface area contributed by atoms with E-state index in [0.717, 1.165) is 6.26 Å². The molecule has 7 heteroatoms. The zero-order valence-electron chi connectivity index (χ0n) is 9.47. The normalized spacial score (nSPS) is 13.1. The van der Waals surface area contributed by atoms with Gasteiger partial charge < -0.3 is 16.2 Å². The Labute approximate surface area is 99.4 Å². The number of sulfone groups is 1. The van der Waals surface area contributed by atoms with Crippen molar-refractivity contribution in [2.75, 3.05) is 11.6 Å². The highest BCUT2D eigenvalue weighted by molar-refractivity contribution is 7.90. The van der Waals surface area contributed by atoms with E-state index in [4.69, 9.17) is 5.73 Å². The quantitative estimate of drug-likeness (QED) is 0.665. The molecule has 0 heterocycles. The fourth-order valence-electron chi connectivity index (χ4n) is 1.09. The molecule has 0 aromatic heterocycles. The lowest BCUT2D eigenvalue weighted by Crippen LogP contribution is -2.32. The number of nitrogens with two attached hydrogens (primary N) is 1. The van der Waals surface area contributed by atoms with E-state index in [1.165, 1.54) is 25.1 Å². The second-order valence-electron chi connectivity index (χ2n) is 3.73. The Balaban J connectivity index is 3.12. The first-order valence-corrected chi connectivity index (χ1v) is 6.70. The summed E-state index contributed by atoms with van der Waals surface area (Å²) in [7, 11) is -3.39. The number of carbonyl (C=O) groups is 1. The highest BCUT2D eigenvalue weighted by Crippen LogP contribution is 2.26. The summed E-state index contributed by atoms with van der Waals surface area (Å²) < 4.78 is 22.6. The van der Waals surface area contributed by atoms with E-state index >= 15 is 0 Å². The number of amides is 1. The minimum Gasteiger partial charge on any atom is -0.506 e. The molecule has 0 aliphatic carbocycles. The van der Waals surface area contributed by atoms with Gasteiger partial charge in [-0.05, 0) is 25.1 Å². The first-order chi connectivity index (χ1) is 7.71. The SMILES string of the molecule is C[C@@H](N)C(=O)Nc1cc(S(C)(=O)=O)ccc1O. The van der Waals surface area contributed by atoms with Gasteiger partial charge in [0.2, 0.25) is 5.91 Å². The van der Waals surface area contributed by atoms with Crippen molar-refractivity contribution in [1.82, 2.24) is 0 Å². The van der Waals surface area contributed by atoms with Gasteiger partial charge >= 0.3 is 0 Å². The van der Waals surface area contributed by atoms with Crippen LogP contribution >= 0.6 is 0 Å². The topological polar surface area (TPSA) is 109 Å². The molecular weight excluding hydrogens is 244 g/mol. The molecule has 1 rings (SSSR count). The summed E-state index contributed by atoms with van der Waals surface area (Å²) in [6.45, 7) is 1.48. The van der Waals surface area contributed by atoms with Crippen molar-refractivity contribution in [3.05, 3.63) is 18.2 Å². The van der Waals surface area contributed by atoms with Gasteiger partial charge in [0.1, 0.15) is 5.75 Å². The van der Waals surface area contributed by atoms with Gasteiger partial charge in [-0.2, -0.15) is 0 Å². The predicted molar refractivity (Wildman–Crippen MR) is 63.5 cm³/mol. The smallest absolute Gasteiger partial charge is 0.241 e. The molecule has 0 fully saturated rings. The van der Waals surface area contributed by atoms with Gasteiger partial charge in [-0.15, -0.1) is 0 Å². The Kier molecular flexibility index (Phi) is 3.74. The summed E-state index contributed by atoms with van der Waals surface area (Å²) in [6.07, 6.45) is 1.04. The molecule has 1 atom stereocenters. The fourth-order valence-corrected chi connectivity index (χ4v) is 1.74. The summed E-state index contributed by atoms with van der Waals surface area (Å²) in [4.78, 5) is 11.3. The highest BCUT2D eigenvalue weighted by Gasteiger charge is 2.14. The predicted octanol–water partition coefficient (Wildman–Crippen LogP) is 0.0814. The number of benzene rings is 1. The molecule has 1 amide bonds.